The standard InChI is InChI=1S/C20H24N2O5/c1-26-16-10-12-18(13-11-16)27-17-8-6-15(7-9-17)20(24)21-14-4-2-3-5-19(23)22-25/h6-13,25H,2-5,14H2,1H3,(H,21,24)(H,22,23). The van der Waals surface area contributed by atoms with Gasteiger partial charge in [0.15, 0.2) is 0 Å². The van der Waals surface area contributed by atoms with Crippen LogP contribution in [0.4, 0.5) is 0 Å². The van der Waals surface area contributed by atoms with Gasteiger partial charge in [-0.25, -0.2) is 5.48 Å². The van der Waals surface area contributed by atoms with Crippen LogP contribution in [-0.4, -0.2) is 30.7 Å². The summed E-state index contributed by atoms with van der Waals surface area (Å²) in [7, 11) is 1.61. The average molecular weight is 372 g/mol. The maximum absolute atomic E-state index is 12.1. The first-order valence-electron chi connectivity index (χ1n) is 8.75. The van der Waals surface area contributed by atoms with Crippen LogP contribution in [0.15, 0.2) is 48.5 Å². The molecule has 2 rings (SSSR count). The monoisotopic (exact) mass is 372 g/mol. The molecule has 0 fully saturated rings. The number of ether oxygens (including phenoxy) is 2. The van der Waals surface area contributed by atoms with E-state index in [1.54, 1.807) is 36.9 Å². The van der Waals surface area contributed by atoms with Crippen LogP contribution < -0.4 is 20.3 Å². The molecule has 0 heterocycles. The third-order valence-electron chi connectivity index (χ3n) is 3.90. The van der Waals surface area contributed by atoms with Crippen molar-refractivity contribution >= 4 is 11.8 Å². The van der Waals surface area contributed by atoms with Gasteiger partial charge in [-0.3, -0.25) is 14.8 Å². The van der Waals surface area contributed by atoms with Gasteiger partial charge in [-0.15, -0.1) is 0 Å². The molecule has 0 atom stereocenters. The normalized spacial score (nSPS) is 10.1. The van der Waals surface area contributed by atoms with E-state index in [1.165, 1.54) is 0 Å². The Morgan fingerprint density at radius 3 is 2.07 bits per heavy atom. The van der Waals surface area contributed by atoms with Crippen LogP contribution in [0.3, 0.4) is 0 Å². The van der Waals surface area contributed by atoms with Crippen LogP contribution in [0, 0.1) is 0 Å². The molecule has 0 unspecified atom stereocenters. The summed E-state index contributed by atoms with van der Waals surface area (Å²) in [5, 5.41) is 11.2. The molecule has 144 valence electrons. The first-order valence-corrected chi connectivity index (χ1v) is 8.75. The number of amides is 2. The van der Waals surface area contributed by atoms with E-state index in [2.05, 4.69) is 5.32 Å². The summed E-state index contributed by atoms with van der Waals surface area (Å²) in [5.74, 6) is 1.53. The van der Waals surface area contributed by atoms with Crippen LogP contribution in [0.1, 0.15) is 36.0 Å². The van der Waals surface area contributed by atoms with Gasteiger partial charge < -0.3 is 14.8 Å². The summed E-state index contributed by atoms with van der Waals surface area (Å²) in [6.07, 6.45) is 2.51. The molecule has 0 spiro atoms. The Morgan fingerprint density at radius 1 is 0.889 bits per heavy atom. The highest BCUT2D eigenvalue weighted by Gasteiger charge is 2.06. The van der Waals surface area contributed by atoms with Crippen molar-refractivity contribution in [1.29, 1.82) is 0 Å². The first-order chi connectivity index (χ1) is 13.1. The second-order valence-corrected chi connectivity index (χ2v) is 5.90. The van der Waals surface area contributed by atoms with Gasteiger partial charge in [0.25, 0.3) is 5.91 Å². The molecule has 0 aliphatic carbocycles. The molecule has 0 saturated heterocycles. The van der Waals surface area contributed by atoms with Gasteiger partial charge in [-0.05, 0) is 61.4 Å². The smallest absolute Gasteiger partial charge is 0.251 e. The lowest BCUT2D eigenvalue weighted by atomic mass is 10.1. The van der Waals surface area contributed by atoms with Gasteiger partial charge in [0, 0.05) is 18.5 Å². The number of nitrogens with one attached hydrogen (secondary N) is 2. The SMILES string of the molecule is COc1ccc(Oc2ccc(C(=O)NCCCCCC(=O)NO)cc2)cc1. The van der Waals surface area contributed by atoms with E-state index in [0.29, 0.717) is 30.0 Å². The third kappa shape index (κ3) is 6.99. The van der Waals surface area contributed by atoms with E-state index in [9.17, 15) is 9.59 Å². The zero-order valence-corrected chi connectivity index (χ0v) is 15.2. The van der Waals surface area contributed by atoms with E-state index in [0.717, 1.165) is 18.6 Å². The molecule has 0 saturated carbocycles. The Balaban J connectivity index is 1.73. The fraction of sp³-hybridized carbons (Fsp3) is 0.300. The highest BCUT2D eigenvalue weighted by molar-refractivity contribution is 5.94. The van der Waals surface area contributed by atoms with Crippen molar-refractivity contribution in [2.75, 3.05) is 13.7 Å². The van der Waals surface area contributed by atoms with E-state index >= 15 is 0 Å². The Kier molecular flexibility index (Phi) is 8.12. The van der Waals surface area contributed by atoms with Gasteiger partial charge >= 0.3 is 0 Å². The molecule has 2 aromatic rings. The number of hydroxylamine groups is 1. The Bertz CT molecular complexity index is 729. The van der Waals surface area contributed by atoms with Crippen molar-refractivity contribution in [3.63, 3.8) is 0 Å². The molecule has 0 radical (unpaired) electrons. The quantitative estimate of drug-likeness (QED) is 0.338. The predicted octanol–water partition coefficient (Wildman–Crippen LogP) is 3.28. The average Bonchev–Trinajstić information content (AvgIpc) is 2.71. The number of hydrogen-bond acceptors (Lipinski definition) is 5. The largest absolute Gasteiger partial charge is 0.497 e. The summed E-state index contributed by atoms with van der Waals surface area (Å²) in [5.41, 5.74) is 2.15. The third-order valence-corrected chi connectivity index (χ3v) is 3.90. The summed E-state index contributed by atoms with van der Waals surface area (Å²) < 4.78 is 10.8. The second-order valence-electron chi connectivity index (χ2n) is 5.90. The van der Waals surface area contributed by atoms with Crippen molar-refractivity contribution in [1.82, 2.24) is 10.8 Å². The van der Waals surface area contributed by atoms with Crippen LogP contribution in [0.25, 0.3) is 0 Å². The molecule has 0 aliphatic rings. The van der Waals surface area contributed by atoms with E-state index < -0.39 is 5.91 Å². The van der Waals surface area contributed by atoms with Crippen molar-refractivity contribution < 1.29 is 24.3 Å². The number of carbonyl (C=O) groups excluding carboxylic acids is 2. The topological polar surface area (TPSA) is 96.9 Å². The minimum absolute atomic E-state index is 0.154. The molecule has 0 aliphatic heterocycles. The van der Waals surface area contributed by atoms with Gasteiger partial charge in [0.2, 0.25) is 5.91 Å². The lowest BCUT2D eigenvalue weighted by molar-refractivity contribution is -0.129. The highest BCUT2D eigenvalue weighted by Crippen LogP contribution is 2.24. The van der Waals surface area contributed by atoms with E-state index in [-0.39, 0.29) is 12.3 Å². The Morgan fingerprint density at radius 2 is 1.48 bits per heavy atom. The number of rotatable bonds is 10. The molecule has 3 N–H and O–H groups in total. The van der Waals surface area contributed by atoms with Crippen LogP contribution in [-0.2, 0) is 4.79 Å². The van der Waals surface area contributed by atoms with E-state index in [1.807, 2.05) is 24.3 Å². The fourth-order valence-electron chi connectivity index (χ4n) is 2.40. The van der Waals surface area contributed by atoms with Crippen LogP contribution in [0.2, 0.25) is 0 Å². The Hall–Kier alpha value is -3.06. The van der Waals surface area contributed by atoms with Gasteiger partial charge in [-0.1, -0.05) is 6.42 Å². The number of unbranched alkanes of at least 4 members (excludes halogenated alkanes) is 2. The van der Waals surface area contributed by atoms with Crippen LogP contribution >= 0.6 is 0 Å². The fourth-order valence-corrected chi connectivity index (χ4v) is 2.40. The van der Waals surface area contributed by atoms with Crippen molar-refractivity contribution in [3.8, 4) is 17.2 Å². The second kappa shape index (κ2) is 10.8. The highest BCUT2D eigenvalue weighted by atomic mass is 16.5. The summed E-state index contributed by atoms with van der Waals surface area (Å²) in [4.78, 5) is 23.0. The zero-order chi connectivity index (χ0) is 19.5. The summed E-state index contributed by atoms with van der Waals surface area (Å²) >= 11 is 0. The zero-order valence-electron chi connectivity index (χ0n) is 15.2. The van der Waals surface area contributed by atoms with E-state index in [4.69, 9.17) is 14.7 Å². The number of carbonyl (C=O) groups is 2. The summed E-state index contributed by atoms with van der Waals surface area (Å²) in [6.45, 7) is 0.531. The Labute approximate surface area is 158 Å². The molecule has 27 heavy (non-hydrogen) atoms. The molecule has 0 bridgehead atoms. The first kappa shape index (κ1) is 20.3. The predicted molar refractivity (Wildman–Crippen MR) is 100 cm³/mol. The summed E-state index contributed by atoms with van der Waals surface area (Å²) in [6, 6.07) is 14.1. The van der Waals surface area contributed by atoms with Gasteiger partial charge in [0.1, 0.15) is 17.2 Å². The maximum Gasteiger partial charge on any atom is 0.251 e. The van der Waals surface area contributed by atoms with Crippen molar-refractivity contribution in [2.45, 2.75) is 25.7 Å². The molecular weight excluding hydrogens is 348 g/mol. The van der Waals surface area contributed by atoms with Gasteiger partial charge in [-0.2, -0.15) is 0 Å². The molecule has 2 aromatic carbocycles. The molecule has 7 heteroatoms. The number of benzene rings is 2. The molecule has 7 nitrogen and oxygen atoms in total. The minimum atomic E-state index is -0.393. The number of methoxy groups -OCH3 is 1. The lowest BCUT2D eigenvalue weighted by Crippen LogP contribution is -2.24. The van der Waals surface area contributed by atoms with Crippen LogP contribution in [0.5, 0.6) is 17.2 Å². The maximum atomic E-state index is 12.1. The van der Waals surface area contributed by atoms with Crippen molar-refractivity contribution in [3.05, 3.63) is 54.1 Å². The minimum Gasteiger partial charge on any atom is -0.497 e. The molecule has 2 amide bonds. The number of hydrogen-bond donors (Lipinski definition) is 3. The molecular formula is C20H24N2O5. The van der Waals surface area contributed by atoms with Crippen molar-refractivity contribution in [2.24, 2.45) is 0 Å². The lowest BCUT2D eigenvalue weighted by Gasteiger charge is -2.08. The molecule has 0 aromatic heterocycles. The van der Waals surface area contributed by atoms with Gasteiger partial charge in [0.05, 0.1) is 7.11 Å².